The van der Waals surface area contributed by atoms with E-state index in [9.17, 15) is 4.79 Å². The summed E-state index contributed by atoms with van der Waals surface area (Å²) < 4.78 is 5.28. The Kier molecular flexibility index (Phi) is 9.53. The summed E-state index contributed by atoms with van der Waals surface area (Å²) in [7, 11) is 0. The number of rotatable bonds is 4. The van der Waals surface area contributed by atoms with E-state index >= 15 is 0 Å². The van der Waals surface area contributed by atoms with Crippen LogP contribution in [0.1, 0.15) is 31.5 Å². The van der Waals surface area contributed by atoms with Gasteiger partial charge in [0.25, 0.3) is 0 Å². The van der Waals surface area contributed by atoms with Crippen LogP contribution in [0.2, 0.25) is 0 Å². The van der Waals surface area contributed by atoms with Gasteiger partial charge in [-0.15, -0.1) is 24.8 Å². The molecule has 0 aromatic carbocycles. The monoisotopic (exact) mass is 335 g/mol. The summed E-state index contributed by atoms with van der Waals surface area (Å²) in [5.41, 5.74) is 6.87. The first kappa shape index (κ1) is 20.1. The molecule has 1 aromatic heterocycles. The lowest BCUT2D eigenvalue weighted by Gasteiger charge is -2.27. The van der Waals surface area contributed by atoms with Gasteiger partial charge in [-0.1, -0.05) is 6.07 Å². The SMILES string of the molecule is CC(NC(=O)C(N)C1CCOCC1)c1ccccn1.Cl.Cl. The standard InChI is InChI=1S/C14H21N3O2.2ClH/c1-10(12-4-2-3-7-16-12)17-14(18)13(15)11-5-8-19-9-6-11;;/h2-4,7,10-11,13H,5-6,8-9,15H2,1H3,(H,17,18);2*1H. The number of hydrogen-bond donors (Lipinski definition) is 2. The second-order valence-corrected chi connectivity index (χ2v) is 4.96. The quantitative estimate of drug-likeness (QED) is 0.880. The van der Waals surface area contributed by atoms with Crippen molar-refractivity contribution in [2.75, 3.05) is 13.2 Å². The lowest BCUT2D eigenvalue weighted by molar-refractivity contribution is -0.125. The van der Waals surface area contributed by atoms with Gasteiger partial charge in [-0.3, -0.25) is 9.78 Å². The molecule has 0 saturated carbocycles. The lowest BCUT2D eigenvalue weighted by atomic mass is 9.91. The molecule has 0 spiro atoms. The molecule has 1 amide bonds. The Bertz CT molecular complexity index is 414. The second kappa shape index (κ2) is 9.95. The zero-order chi connectivity index (χ0) is 13.7. The highest BCUT2D eigenvalue weighted by molar-refractivity contribution is 5.85. The van der Waals surface area contributed by atoms with Crippen molar-refractivity contribution in [1.29, 1.82) is 0 Å². The number of aromatic nitrogens is 1. The summed E-state index contributed by atoms with van der Waals surface area (Å²) in [6, 6.07) is 5.06. The molecule has 2 atom stereocenters. The van der Waals surface area contributed by atoms with Gasteiger partial charge in [0.15, 0.2) is 0 Å². The van der Waals surface area contributed by atoms with E-state index in [2.05, 4.69) is 10.3 Å². The molecule has 5 nitrogen and oxygen atoms in total. The summed E-state index contributed by atoms with van der Waals surface area (Å²) in [6.07, 6.45) is 3.43. The number of amides is 1. The molecule has 1 aliphatic heterocycles. The molecule has 1 aromatic rings. The van der Waals surface area contributed by atoms with Crippen LogP contribution in [0.25, 0.3) is 0 Å². The van der Waals surface area contributed by atoms with Crippen LogP contribution in [0.15, 0.2) is 24.4 Å². The van der Waals surface area contributed by atoms with Crippen molar-refractivity contribution in [3.05, 3.63) is 30.1 Å². The molecule has 0 bridgehead atoms. The number of hydrogen-bond acceptors (Lipinski definition) is 4. The Morgan fingerprint density at radius 1 is 1.38 bits per heavy atom. The average Bonchev–Trinajstić information content (AvgIpc) is 2.48. The van der Waals surface area contributed by atoms with Crippen LogP contribution in [0.5, 0.6) is 0 Å². The van der Waals surface area contributed by atoms with E-state index in [1.165, 1.54) is 0 Å². The molecule has 21 heavy (non-hydrogen) atoms. The average molecular weight is 336 g/mol. The second-order valence-electron chi connectivity index (χ2n) is 4.96. The minimum atomic E-state index is -0.463. The van der Waals surface area contributed by atoms with Gasteiger partial charge >= 0.3 is 0 Å². The number of carbonyl (C=O) groups is 1. The Labute approximate surface area is 137 Å². The van der Waals surface area contributed by atoms with Crippen LogP contribution in [0.3, 0.4) is 0 Å². The Hall–Kier alpha value is -0.880. The van der Waals surface area contributed by atoms with E-state index in [0.29, 0.717) is 13.2 Å². The summed E-state index contributed by atoms with van der Waals surface area (Å²) in [5.74, 6) is 0.106. The van der Waals surface area contributed by atoms with Gasteiger partial charge in [0.2, 0.25) is 5.91 Å². The van der Waals surface area contributed by atoms with Crippen LogP contribution >= 0.6 is 24.8 Å². The zero-order valence-corrected chi connectivity index (χ0v) is 13.7. The minimum Gasteiger partial charge on any atom is -0.381 e. The smallest absolute Gasteiger partial charge is 0.237 e. The lowest BCUT2D eigenvalue weighted by Crippen LogP contribution is -2.47. The van der Waals surface area contributed by atoms with Gasteiger partial charge in [0.1, 0.15) is 0 Å². The predicted octanol–water partition coefficient (Wildman–Crippen LogP) is 1.86. The molecule has 1 aliphatic rings. The number of pyridine rings is 1. The first-order chi connectivity index (χ1) is 9.18. The molecule has 2 heterocycles. The zero-order valence-electron chi connectivity index (χ0n) is 12.0. The van der Waals surface area contributed by atoms with Gasteiger partial charge in [0.05, 0.1) is 17.8 Å². The van der Waals surface area contributed by atoms with E-state index in [4.69, 9.17) is 10.5 Å². The molecular formula is C14H23Cl2N3O2. The van der Waals surface area contributed by atoms with E-state index in [1.54, 1.807) is 6.20 Å². The number of carbonyl (C=O) groups excluding carboxylic acids is 1. The predicted molar refractivity (Wildman–Crippen MR) is 86.8 cm³/mol. The number of nitrogens with one attached hydrogen (secondary N) is 1. The van der Waals surface area contributed by atoms with Gasteiger partial charge in [-0.2, -0.15) is 0 Å². The fourth-order valence-electron chi connectivity index (χ4n) is 2.30. The third-order valence-corrected chi connectivity index (χ3v) is 3.57. The highest BCUT2D eigenvalue weighted by Gasteiger charge is 2.27. The largest absolute Gasteiger partial charge is 0.381 e. The summed E-state index contributed by atoms with van der Waals surface area (Å²) in [5, 5.41) is 2.93. The molecule has 1 fully saturated rings. The number of halogens is 2. The van der Waals surface area contributed by atoms with Gasteiger partial charge in [-0.25, -0.2) is 0 Å². The maximum atomic E-state index is 12.1. The third kappa shape index (κ3) is 5.79. The highest BCUT2D eigenvalue weighted by Crippen LogP contribution is 2.18. The molecule has 2 rings (SSSR count). The number of nitrogens with two attached hydrogens (primary N) is 1. The summed E-state index contributed by atoms with van der Waals surface area (Å²) in [4.78, 5) is 16.3. The van der Waals surface area contributed by atoms with E-state index < -0.39 is 6.04 Å². The molecule has 2 unspecified atom stereocenters. The van der Waals surface area contributed by atoms with E-state index in [0.717, 1.165) is 18.5 Å². The Morgan fingerprint density at radius 2 is 2.05 bits per heavy atom. The van der Waals surface area contributed by atoms with Crippen molar-refractivity contribution < 1.29 is 9.53 Å². The van der Waals surface area contributed by atoms with Crippen LogP contribution in [0, 0.1) is 5.92 Å². The van der Waals surface area contributed by atoms with Crippen molar-refractivity contribution in [2.45, 2.75) is 31.8 Å². The first-order valence-electron chi connectivity index (χ1n) is 6.73. The number of nitrogens with zero attached hydrogens (tertiary/aromatic N) is 1. The highest BCUT2D eigenvalue weighted by atomic mass is 35.5. The van der Waals surface area contributed by atoms with Crippen molar-refractivity contribution in [1.82, 2.24) is 10.3 Å². The maximum absolute atomic E-state index is 12.1. The van der Waals surface area contributed by atoms with Crippen LogP contribution in [0.4, 0.5) is 0 Å². The Morgan fingerprint density at radius 3 is 2.62 bits per heavy atom. The normalized spacial score (nSPS) is 17.8. The van der Waals surface area contributed by atoms with Crippen molar-refractivity contribution in [3.8, 4) is 0 Å². The first-order valence-corrected chi connectivity index (χ1v) is 6.73. The van der Waals surface area contributed by atoms with Crippen LogP contribution in [-0.4, -0.2) is 30.1 Å². The Balaban J connectivity index is 0.00000200. The fourth-order valence-corrected chi connectivity index (χ4v) is 2.30. The van der Waals surface area contributed by atoms with E-state index in [1.807, 2.05) is 25.1 Å². The molecule has 1 saturated heterocycles. The summed E-state index contributed by atoms with van der Waals surface area (Å²) in [6.45, 7) is 3.31. The topological polar surface area (TPSA) is 77.2 Å². The molecule has 0 aliphatic carbocycles. The fraction of sp³-hybridized carbons (Fsp3) is 0.571. The number of ether oxygens (including phenoxy) is 1. The maximum Gasteiger partial charge on any atom is 0.237 e. The van der Waals surface area contributed by atoms with Crippen LogP contribution < -0.4 is 11.1 Å². The van der Waals surface area contributed by atoms with Gasteiger partial charge in [0, 0.05) is 19.4 Å². The van der Waals surface area contributed by atoms with Gasteiger partial charge < -0.3 is 15.8 Å². The molecule has 120 valence electrons. The van der Waals surface area contributed by atoms with Gasteiger partial charge in [-0.05, 0) is 37.8 Å². The third-order valence-electron chi connectivity index (χ3n) is 3.57. The van der Waals surface area contributed by atoms with Crippen molar-refractivity contribution in [2.24, 2.45) is 11.7 Å². The van der Waals surface area contributed by atoms with Crippen LogP contribution in [-0.2, 0) is 9.53 Å². The van der Waals surface area contributed by atoms with Crippen molar-refractivity contribution >= 4 is 30.7 Å². The minimum absolute atomic E-state index is 0. The molecule has 0 radical (unpaired) electrons. The van der Waals surface area contributed by atoms with E-state index in [-0.39, 0.29) is 42.7 Å². The summed E-state index contributed by atoms with van der Waals surface area (Å²) >= 11 is 0. The molecule has 7 heteroatoms. The van der Waals surface area contributed by atoms with Crippen molar-refractivity contribution in [3.63, 3.8) is 0 Å². The molecular weight excluding hydrogens is 313 g/mol. The molecule has 3 N–H and O–H groups in total.